The molecule has 2 aromatic rings. The molecule has 5 nitrogen and oxygen atoms in total. The third-order valence-electron chi connectivity index (χ3n) is 4.07. The van der Waals surface area contributed by atoms with Crippen LogP contribution in [0.2, 0.25) is 0 Å². The summed E-state index contributed by atoms with van der Waals surface area (Å²) in [4.78, 5) is 3.27. The van der Waals surface area contributed by atoms with Crippen LogP contribution in [-0.4, -0.2) is 48.1 Å². The predicted molar refractivity (Wildman–Crippen MR) is 98.7 cm³/mol. The topological polar surface area (TPSA) is 52.7 Å². The molecule has 2 aromatic carbocycles. The highest BCUT2D eigenvalue weighted by molar-refractivity contribution is 7.89. The molecule has 26 heavy (non-hydrogen) atoms. The minimum absolute atomic E-state index is 0.0491. The van der Waals surface area contributed by atoms with Gasteiger partial charge in [-0.25, -0.2) is 21.9 Å². The first-order chi connectivity index (χ1) is 12.1. The Kier molecular flexibility index (Phi) is 6.33. The van der Waals surface area contributed by atoms with Crippen molar-refractivity contribution in [1.82, 2.24) is 9.62 Å². The Balaban J connectivity index is 2.20. The Morgan fingerprint density at radius 2 is 1.62 bits per heavy atom. The lowest BCUT2D eigenvalue weighted by Gasteiger charge is -2.25. The number of likely N-dealkylation sites (N-methyl/N-ethyl adjacent to an activating group) is 1. The van der Waals surface area contributed by atoms with Gasteiger partial charge >= 0.3 is 0 Å². The van der Waals surface area contributed by atoms with Gasteiger partial charge in [0.05, 0.1) is 0 Å². The number of sulfonamides is 1. The van der Waals surface area contributed by atoms with Crippen LogP contribution in [0.4, 0.5) is 14.5 Å². The van der Waals surface area contributed by atoms with Gasteiger partial charge in [-0.3, -0.25) is 0 Å². The van der Waals surface area contributed by atoms with Gasteiger partial charge in [-0.05, 0) is 43.9 Å². The maximum absolute atomic E-state index is 13.8. The fourth-order valence-corrected chi connectivity index (χ4v) is 3.65. The summed E-state index contributed by atoms with van der Waals surface area (Å²) in [6, 6.07) is 9.88. The Labute approximate surface area is 153 Å². The molecule has 8 heteroatoms. The van der Waals surface area contributed by atoms with Crippen molar-refractivity contribution >= 4 is 15.7 Å². The molecule has 0 aliphatic rings. The molecule has 0 radical (unpaired) electrons. The minimum Gasteiger partial charge on any atom is -0.378 e. The summed E-state index contributed by atoms with van der Waals surface area (Å²) in [6.07, 6.45) is 0. The van der Waals surface area contributed by atoms with E-state index in [2.05, 4.69) is 4.72 Å². The van der Waals surface area contributed by atoms with E-state index >= 15 is 0 Å². The van der Waals surface area contributed by atoms with Crippen LogP contribution in [0.5, 0.6) is 0 Å². The molecule has 2 rings (SSSR count). The maximum Gasteiger partial charge on any atom is 0.243 e. The Morgan fingerprint density at radius 3 is 2.12 bits per heavy atom. The average Bonchev–Trinajstić information content (AvgIpc) is 2.54. The number of halogens is 2. The van der Waals surface area contributed by atoms with Crippen LogP contribution in [0, 0.1) is 11.6 Å². The van der Waals surface area contributed by atoms with E-state index in [0.29, 0.717) is 6.07 Å². The molecule has 0 saturated heterocycles. The predicted octanol–water partition coefficient (Wildman–Crippen LogP) is 2.61. The maximum atomic E-state index is 13.8. The summed E-state index contributed by atoms with van der Waals surface area (Å²) in [5.41, 5.74) is 1.95. The smallest absolute Gasteiger partial charge is 0.243 e. The summed E-state index contributed by atoms with van der Waals surface area (Å²) in [7, 11) is 3.44. The highest BCUT2D eigenvalue weighted by atomic mass is 32.2. The third kappa shape index (κ3) is 4.78. The molecule has 0 bridgehead atoms. The van der Waals surface area contributed by atoms with Crippen LogP contribution in [0.3, 0.4) is 0 Å². The summed E-state index contributed by atoms with van der Waals surface area (Å²) < 4.78 is 53.9. The molecule has 0 aliphatic heterocycles. The van der Waals surface area contributed by atoms with Gasteiger partial charge in [0.2, 0.25) is 10.0 Å². The standard InChI is InChI=1S/C18H23F2N3O2S/c1-22(2)15-8-5-13(6-9-15)17(23(3)4)12-21-26(24,25)18-10-7-14(19)11-16(18)20/h5-11,17,21H,12H2,1-4H3/t17-/m1/s1. The zero-order valence-corrected chi connectivity index (χ0v) is 16.0. The lowest BCUT2D eigenvalue weighted by molar-refractivity contribution is 0.299. The van der Waals surface area contributed by atoms with Gasteiger partial charge in [0.1, 0.15) is 16.5 Å². The molecule has 0 fully saturated rings. The third-order valence-corrected chi connectivity index (χ3v) is 5.52. The molecular formula is C18H23F2N3O2S. The molecule has 1 N–H and O–H groups in total. The van der Waals surface area contributed by atoms with Gasteiger partial charge in [-0.1, -0.05) is 12.1 Å². The van der Waals surface area contributed by atoms with E-state index in [-0.39, 0.29) is 12.6 Å². The first-order valence-electron chi connectivity index (χ1n) is 8.00. The lowest BCUT2D eigenvalue weighted by Crippen LogP contribution is -2.35. The highest BCUT2D eigenvalue weighted by Gasteiger charge is 2.22. The molecule has 142 valence electrons. The van der Waals surface area contributed by atoms with Crippen molar-refractivity contribution in [3.05, 3.63) is 59.7 Å². The Morgan fingerprint density at radius 1 is 1.00 bits per heavy atom. The van der Waals surface area contributed by atoms with Gasteiger partial charge in [0.15, 0.2) is 0 Å². The molecule has 0 spiro atoms. The first kappa shape index (κ1) is 20.3. The minimum atomic E-state index is -4.09. The van der Waals surface area contributed by atoms with E-state index in [1.54, 1.807) is 0 Å². The van der Waals surface area contributed by atoms with Crippen molar-refractivity contribution in [2.75, 3.05) is 39.6 Å². The second kappa shape index (κ2) is 8.11. The second-order valence-electron chi connectivity index (χ2n) is 6.39. The molecule has 0 aromatic heterocycles. The van der Waals surface area contributed by atoms with Gasteiger partial charge in [0.25, 0.3) is 0 Å². The molecule has 1 atom stereocenters. The number of nitrogens with one attached hydrogen (secondary N) is 1. The molecule has 0 saturated carbocycles. The highest BCUT2D eigenvalue weighted by Crippen LogP contribution is 2.22. The van der Waals surface area contributed by atoms with Gasteiger partial charge < -0.3 is 9.80 Å². The second-order valence-corrected chi connectivity index (χ2v) is 8.13. The zero-order chi connectivity index (χ0) is 19.5. The summed E-state index contributed by atoms with van der Waals surface area (Å²) in [5.74, 6) is -1.94. The van der Waals surface area contributed by atoms with Crippen LogP contribution in [0.1, 0.15) is 11.6 Å². The molecule has 0 amide bonds. The quantitative estimate of drug-likeness (QED) is 0.799. The van der Waals surface area contributed by atoms with Gasteiger partial charge in [0, 0.05) is 38.4 Å². The SMILES string of the molecule is CN(C)c1ccc([C@@H](CNS(=O)(=O)c2ccc(F)cc2F)N(C)C)cc1. The van der Waals surface area contributed by atoms with Crippen molar-refractivity contribution < 1.29 is 17.2 Å². The molecule has 0 unspecified atom stereocenters. The normalized spacial score (nSPS) is 13.0. The van der Waals surface area contributed by atoms with Crippen molar-refractivity contribution in [3.63, 3.8) is 0 Å². The number of hydrogen-bond acceptors (Lipinski definition) is 4. The van der Waals surface area contributed by atoms with E-state index in [0.717, 1.165) is 23.4 Å². The van der Waals surface area contributed by atoms with E-state index < -0.39 is 26.6 Å². The number of benzene rings is 2. The van der Waals surface area contributed by atoms with E-state index in [9.17, 15) is 17.2 Å². The van der Waals surface area contributed by atoms with Crippen LogP contribution >= 0.6 is 0 Å². The summed E-state index contributed by atoms with van der Waals surface area (Å²) in [6.45, 7) is 0.0491. The van der Waals surface area contributed by atoms with Crippen molar-refractivity contribution in [2.45, 2.75) is 10.9 Å². The van der Waals surface area contributed by atoms with E-state index in [4.69, 9.17) is 0 Å². The van der Waals surface area contributed by atoms with Crippen molar-refractivity contribution in [3.8, 4) is 0 Å². The number of nitrogens with zero attached hydrogens (tertiary/aromatic N) is 2. The number of hydrogen-bond donors (Lipinski definition) is 1. The van der Waals surface area contributed by atoms with E-state index in [1.807, 2.05) is 62.3 Å². The van der Waals surface area contributed by atoms with Crippen molar-refractivity contribution in [2.24, 2.45) is 0 Å². The van der Waals surface area contributed by atoms with Crippen molar-refractivity contribution in [1.29, 1.82) is 0 Å². The first-order valence-corrected chi connectivity index (χ1v) is 9.48. The average molecular weight is 383 g/mol. The van der Waals surface area contributed by atoms with Crippen LogP contribution in [0.25, 0.3) is 0 Å². The fourth-order valence-electron chi connectivity index (χ4n) is 2.55. The molecule has 0 heterocycles. The monoisotopic (exact) mass is 383 g/mol. The molecular weight excluding hydrogens is 360 g/mol. The number of rotatable bonds is 7. The van der Waals surface area contributed by atoms with Crippen LogP contribution in [0.15, 0.2) is 47.4 Å². The van der Waals surface area contributed by atoms with Gasteiger partial charge in [-0.2, -0.15) is 0 Å². The lowest BCUT2D eigenvalue weighted by atomic mass is 10.1. The Bertz CT molecular complexity index is 853. The van der Waals surface area contributed by atoms with Gasteiger partial charge in [-0.15, -0.1) is 0 Å². The number of anilines is 1. The van der Waals surface area contributed by atoms with E-state index in [1.165, 1.54) is 0 Å². The van der Waals surface area contributed by atoms with Crippen LogP contribution in [-0.2, 0) is 10.0 Å². The molecule has 0 aliphatic carbocycles. The summed E-state index contributed by atoms with van der Waals surface area (Å²) >= 11 is 0. The zero-order valence-electron chi connectivity index (χ0n) is 15.2. The largest absolute Gasteiger partial charge is 0.378 e. The Hall–Kier alpha value is -2.03. The fraction of sp³-hybridized carbons (Fsp3) is 0.333. The van der Waals surface area contributed by atoms with Crippen LogP contribution < -0.4 is 9.62 Å². The summed E-state index contributed by atoms with van der Waals surface area (Å²) in [5, 5.41) is 0.